The maximum absolute atomic E-state index is 11.6. The van der Waals surface area contributed by atoms with Crippen LogP contribution in [0.15, 0.2) is 6.20 Å². The molecule has 0 unspecified atom stereocenters. The molecule has 1 rings (SSSR count). The summed E-state index contributed by atoms with van der Waals surface area (Å²) >= 11 is 1.90. The molecule has 0 aliphatic heterocycles. The second kappa shape index (κ2) is 6.13. The lowest BCUT2D eigenvalue weighted by molar-refractivity contribution is 0.0594. The number of hydrogen-bond acceptors (Lipinski definition) is 6. The van der Waals surface area contributed by atoms with E-state index in [9.17, 15) is 9.59 Å². The molecule has 0 saturated heterocycles. The summed E-state index contributed by atoms with van der Waals surface area (Å²) in [7, 11) is 1.22. The third-order valence-corrected chi connectivity index (χ3v) is 2.26. The van der Waals surface area contributed by atoms with Crippen molar-refractivity contribution < 1.29 is 19.1 Å². The van der Waals surface area contributed by atoms with E-state index in [1.54, 1.807) is 20.8 Å². The van der Waals surface area contributed by atoms with Gasteiger partial charge in [-0.2, -0.15) is 0 Å². The van der Waals surface area contributed by atoms with Gasteiger partial charge >= 0.3 is 12.1 Å². The van der Waals surface area contributed by atoms with Crippen LogP contribution in [0.5, 0.6) is 0 Å². The maximum Gasteiger partial charge on any atom is 0.413 e. The SMILES string of the molecule is COC(=O)c1nc(I)cnc1NC(=O)OC(C)(C)C. The number of ether oxygens (including phenoxy) is 2. The summed E-state index contributed by atoms with van der Waals surface area (Å²) in [6, 6.07) is 0. The maximum atomic E-state index is 11.6. The van der Waals surface area contributed by atoms with Gasteiger partial charge in [0, 0.05) is 0 Å². The lowest BCUT2D eigenvalue weighted by Crippen LogP contribution is -2.28. The third-order valence-electron chi connectivity index (χ3n) is 1.74. The molecule has 0 saturated carbocycles. The van der Waals surface area contributed by atoms with E-state index in [1.165, 1.54) is 13.3 Å². The van der Waals surface area contributed by atoms with Crippen LogP contribution in [-0.4, -0.2) is 34.7 Å². The lowest BCUT2D eigenvalue weighted by Gasteiger charge is -2.19. The van der Waals surface area contributed by atoms with Gasteiger partial charge in [0.25, 0.3) is 0 Å². The second-order valence-corrected chi connectivity index (χ2v) is 5.61. The Hall–Kier alpha value is -1.45. The molecule has 1 aromatic heterocycles. The Balaban J connectivity index is 2.95. The van der Waals surface area contributed by atoms with Crippen LogP contribution in [0.4, 0.5) is 10.6 Å². The number of nitrogens with one attached hydrogen (secondary N) is 1. The normalized spacial score (nSPS) is 10.8. The zero-order chi connectivity index (χ0) is 14.6. The quantitative estimate of drug-likeness (QED) is 0.626. The minimum Gasteiger partial charge on any atom is -0.464 e. The molecule has 0 bridgehead atoms. The minimum absolute atomic E-state index is 0.00140. The highest BCUT2D eigenvalue weighted by molar-refractivity contribution is 14.1. The predicted octanol–water partition coefficient (Wildman–Crippen LogP) is 2.21. The summed E-state index contributed by atoms with van der Waals surface area (Å²) in [6.07, 6.45) is 0.702. The van der Waals surface area contributed by atoms with Gasteiger partial charge in [-0.15, -0.1) is 0 Å². The van der Waals surface area contributed by atoms with Crippen LogP contribution >= 0.6 is 22.6 Å². The highest BCUT2D eigenvalue weighted by Crippen LogP contribution is 2.15. The highest BCUT2D eigenvalue weighted by atomic mass is 127. The first-order valence-corrected chi connectivity index (χ1v) is 6.41. The van der Waals surface area contributed by atoms with Gasteiger partial charge in [0.15, 0.2) is 11.5 Å². The fraction of sp³-hybridized carbons (Fsp3) is 0.455. The summed E-state index contributed by atoms with van der Waals surface area (Å²) in [6.45, 7) is 5.19. The van der Waals surface area contributed by atoms with Crippen LogP contribution in [0, 0.1) is 3.70 Å². The Morgan fingerprint density at radius 1 is 1.37 bits per heavy atom. The van der Waals surface area contributed by atoms with Crippen molar-refractivity contribution in [1.82, 2.24) is 9.97 Å². The van der Waals surface area contributed by atoms with E-state index in [-0.39, 0.29) is 11.5 Å². The van der Waals surface area contributed by atoms with E-state index in [1.807, 2.05) is 22.6 Å². The fourth-order valence-electron chi connectivity index (χ4n) is 1.10. The van der Waals surface area contributed by atoms with Crippen LogP contribution in [0.25, 0.3) is 0 Å². The van der Waals surface area contributed by atoms with Crippen molar-refractivity contribution in [3.05, 3.63) is 15.6 Å². The zero-order valence-electron chi connectivity index (χ0n) is 11.0. The van der Waals surface area contributed by atoms with Gasteiger partial charge in [-0.3, -0.25) is 5.32 Å². The summed E-state index contributed by atoms with van der Waals surface area (Å²) in [4.78, 5) is 31.1. The molecule has 0 aromatic carbocycles. The molecular weight excluding hydrogens is 365 g/mol. The third kappa shape index (κ3) is 4.97. The van der Waals surface area contributed by atoms with Crippen molar-refractivity contribution >= 4 is 40.5 Å². The molecule has 0 aliphatic carbocycles. The van der Waals surface area contributed by atoms with E-state index in [0.29, 0.717) is 3.70 Å². The van der Waals surface area contributed by atoms with E-state index < -0.39 is 17.7 Å². The molecule has 1 amide bonds. The molecule has 0 fully saturated rings. The molecule has 7 nitrogen and oxygen atoms in total. The molecule has 1 heterocycles. The van der Waals surface area contributed by atoms with Gasteiger partial charge in [0.1, 0.15) is 9.30 Å². The molecule has 1 N–H and O–H groups in total. The van der Waals surface area contributed by atoms with Crippen molar-refractivity contribution in [3.8, 4) is 0 Å². The van der Waals surface area contributed by atoms with Crippen molar-refractivity contribution in [2.24, 2.45) is 0 Å². The summed E-state index contributed by atoms with van der Waals surface area (Å²) in [5.74, 6) is -0.682. The van der Waals surface area contributed by atoms with Crippen LogP contribution in [-0.2, 0) is 9.47 Å². The Labute approximate surface area is 124 Å². The largest absolute Gasteiger partial charge is 0.464 e. The molecule has 0 aliphatic rings. The van der Waals surface area contributed by atoms with Gasteiger partial charge in [0.05, 0.1) is 13.3 Å². The number of aromatic nitrogens is 2. The van der Waals surface area contributed by atoms with E-state index in [2.05, 4.69) is 20.0 Å². The lowest BCUT2D eigenvalue weighted by atomic mass is 10.2. The molecule has 0 atom stereocenters. The van der Waals surface area contributed by atoms with Crippen molar-refractivity contribution in [1.29, 1.82) is 0 Å². The van der Waals surface area contributed by atoms with Gasteiger partial charge < -0.3 is 9.47 Å². The second-order valence-electron chi connectivity index (χ2n) is 4.51. The Morgan fingerprint density at radius 2 is 2.00 bits per heavy atom. The van der Waals surface area contributed by atoms with Crippen LogP contribution < -0.4 is 5.32 Å². The van der Waals surface area contributed by atoms with Crippen LogP contribution in [0.3, 0.4) is 0 Å². The van der Waals surface area contributed by atoms with Gasteiger partial charge in [-0.05, 0) is 43.4 Å². The molecular formula is C11H14IN3O4. The monoisotopic (exact) mass is 379 g/mol. The number of halogens is 1. The van der Waals surface area contributed by atoms with Crippen molar-refractivity contribution in [2.45, 2.75) is 26.4 Å². The Kier molecular flexibility index (Phi) is 5.04. The number of carbonyl (C=O) groups is 2. The molecule has 19 heavy (non-hydrogen) atoms. The summed E-state index contributed by atoms with van der Waals surface area (Å²) in [5.41, 5.74) is -0.716. The van der Waals surface area contributed by atoms with Crippen LogP contribution in [0.2, 0.25) is 0 Å². The Bertz CT molecular complexity index is 499. The topological polar surface area (TPSA) is 90.4 Å². The number of carbonyl (C=O) groups excluding carboxylic acids is 2. The van der Waals surface area contributed by atoms with Crippen LogP contribution in [0.1, 0.15) is 31.3 Å². The number of anilines is 1. The number of amides is 1. The number of hydrogen-bond donors (Lipinski definition) is 1. The number of esters is 1. The average Bonchev–Trinajstić information content (AvgIpc) is 2.28. The standard InChI is InChI=1S/C11H14IN3O4/c1-11(2,3)19-10(17)15-8-7(9(16)18-4)14-6(12)5-13-8/h5H,1-4H3,(H,13,15,17). The average molecular weight is 379 g/mol. The summed E-state index contributed by atoms with van der Waals surface area (Å²) < 4.78 is 10.2. The molecule has 1 aromatic rings. The first-order valence-electron chi connectivity index (χ1n) is 5.34. The van der Waals surface area contributed by atoms with E-state index in [4.69, 9.17) is 4.74 Å². The first kappa shape index (κ1) is 15.6. The Morgan fingerprint density at radius 3 is 2.53 bits per heavy atom. The highest BCUT2D eigenvalue weighted by Gasteiger charge is 2.21. The van der Waals surface area contributed by atoms with Gasteiger partial charge in [-0.1, -0.05) is 0 Å². The molecule has 104 valence electrons. The molecule has 0 spiro atoms. The predicted molar refractivity (Wildman–Crippen MR) is 75.9 cm³/mol. The van der Waals surface area contributed by atoms with Crippen molar-refractivity contribution in [3.63, 3.8) is 0 Å². The molecule has 0 radical (unpaired) electrons. The number of rotatable bonds is 2. The first-order chi connectivity index (χ1) is 8.73. The van der Waals surface area contributed by atoms with Crippen molar-refractivity contribution in [2.75, 3.05) is 12.4 Å². The molecule has 8 heteroatoms. The van der Waals surface area contributed by atoms with Gasteiger partial charge in [0.2, 0.25) is 0 Å². The summed E-state index contributed by atoms with van der Waals surface area (Å²) in [5, 5.41) is 2.37. The fourth-order valence-corrected chi connectivity index (χ4v) is 1.48. The smallest absolute Gasteiger partial charge is 0.413 e. The number of methoxy groups -OCH3 is 1. The zero-order valence-corrected chi connectivity index (χ0v) is 13.1. The number of nitrogens with zero attached hydrogens (tertiary/aromatic N) is 2. The minimum atomic E-state index is -0.715. The van der Waals surface area contributed by atoms with E-state index in [0.717, 1.165) is 0 Å². The van der Waals surface area contributed by atoms with Gasteiger partial charge in [-0.25, -0.2) is 19.6 Å². The van der Waals surface area contributed by atoms with E-state index >= 15 is 0 Å².